The maximum Gasteiger partial charge on any atom is 0.147 e. The third-order valence-electron chi connectivity index (χ3n) is 3.15. The average Bonchev–Trinajstić information content (AvgIpc) is 3.02. The smallest absolute Gasteiger partial charge is 0.147 e. The minimum absolute atomic E-state index is 0.680. The standard InChI is InChI=1S/C18H15ClN2O/c19-16-8-4-7-15(11-16)18-10-9-17(22-18)13-21-20-12-14-5-2-1-3-6-14/h1-11,13,20H,12H2/b21-13-. The van der Waals surface area contributed by atoms with Gasteiger partial charge in [0.25, 0.3) is 0 Å². The molecule has 2 aromatic carbocycles. The molecule has 0 aliphatic heterocycles. The summed E-state index contributed by atoms with van der Waals surface area (Å²) in [4.78, 5) is 0. The quantitative estimate of drug-likeness (QED) is 0.547. The Kier molecular flexibility index (Phi) is 4.56. The Morgan fingerprint density at radius 2 is 1.86 bits per heavy atom. The van der Waals surface area contributed by atoms with Crippen molar-refractivity contribution < 1.29 is 4.42 Å². The molecule has 1 aromatic heterocycles. The molecule has 0 atom stereocenters. The van der Waals surface area contributed by atoms with Gasteiger partial charge >= 0.3 is 0 Å². The van der Waals surface area contributed by atoms with Crippen LogP contribution in [0.25, 0.3) is 11.3 Å². The van der Waals surface area contributed by atoms with Crippen LogP contribution in [-0.2, 0) is 6.54 Å². The van der Waals surface area contributed by atoms with E-state index in [1.165, 1.54) is 5.56 Å². The molecular formula is C18H15ClN2O. The third-order valence-corrected chi connectivity index (χ3v) is 3.38. The van der Waals surface area contributed by atoms with Crippen molar-refractivity contribution in [3.8, 4) is 11.3 Å². The summed E-state index contributed by atoms with van der Waals surface area (Å²) in [7, 11) is 0. The first kappa shape index (κ1) is 14.4. The molecule has 1 N–H and O–H groups in total. The van der Waals surface area contributed by atoms with Crippen LogP contribution in [-0.4, -0.2) is 6.21 Å². The predicted molar refractivity (Wildman–Crippen MR) is 90.0 cm³/mol. The molecule has 0 aliphatic rings. The SMILES string of the molecule is Clc1cccc(-c2ccc(/C=N\NCc3ccccc3)o2)c1. The van der Waals surface area contributed by atoms with Crippen LogP contribution in [0.2, 0.25) is 5.02 Å². The monoisotopic (exact) mass is 310 g/mol. The van der Waals surface area contributed by atoms with Crippen LogP contribution in [0.15, 0.2) is 76.2 Å². The number of rotatable bonds is 5. The van der Waals surface area contributed by atoms with E-state index in [0.717, 1.165) is 11.3 Å². The second kappa shape index (κ2) is 6.96. The minimum atomic E-state index is 0.680. The lowest BCUT2D eigenvalue weighted by atomic mass is 10.2. The van der Waals surface area contributed by atoms with Gasteiger partial charge in [-0.05, 0) is 29.8 Å². The van der Waals surface area contributed by atoms with Crippen molar-refractivity contribution in [2.75, 3.05) is 0 Å². The minimum Gasteiger partial charge on any atom is -0.455 e. The van der Waals surface area contributed by atoms with Crippen molar-refractivity contribution in [2.45, 2.75) is 6.54 Å². The molecule has 0 spiro atoms. The number of nitrogens with one attached hydrogen (secondary N) is 1. The average molecular weight is 311 g/mol. The summed E-state index contributed by atoms with van der Waals surface area (Å²) in [6.45, 7) is 0.680. The first-order valence-electron chi connectivity index (χ1n) is 6.97. The molecule has 0 amide bonds. The molecule has 22 heavy (non-hydrogen) atoms. The van der Waals surface area contributed by atoms with Gasteiger partial charge in [-0.3, -0.25) is 0 Å². The van der Waals surface area contributed by atoms with Crippen LogP contribution in [0.3, 0.4) is 0 Å². The summed E-state index contributed by atoms with van der Waals surface area (Å²) in [5, 5.41) is 4.86. The van der Waals surface area contributed by atoms with Crippen molar-refractivity contribution >= 4 is 17.8 Å². The highest BCUT2D eigenvalue weighted by molar-refractivity contribution is 6.30. The van der Waals surface area contributed by atoms with Gasteiger partial charge in [0.2, 0.25) is 0 Å². The third kappa shape index (κ3) is 3.77. The van der Waals surface area contributed by atoms with Gasteiger partial charge in [-0.25, -0.2) is 0 Å². The van der Waals surface area contributed by atoms with E-state index in [4.69, 9.17) is 16.0 Å². The zero-order valence-corrected chi connectivity index (χ0v) is 12.6. The highest BCUT2D eigenvalue weighted by Crippen LogP contribution is 2.24. The van der Waals surface area contributed by atoms with Gasteiger partial charge in [0.1, 0.15) is 11.5 Å². The lowest BCUT2D eigenvalue weighted by Gasteiger charge is -1.99. The Hall–Kier alpha value is -2.52. The van der Waals surface area contributed by atoms with Crippen LogP contribution in [0.4, 0.5) is 0 Å². The molecule has 3 rings (SSSR count). The second-order valence-electron chi connectivity index (χ2n) is 4.79. The summed E-state index contributed by atoms with van der Waals surface area (Å²) in [5.74, 6) is 1.46. The van der Waals surface area contributed by atoms with Crippen LogP contribution in [0, 0.1) is 0 Å². The van der Waals surface area contributed by atoms with Gasteiger partial charge in [-0.1, -0.05) is 54.1 Å². The molecule has 0 fully saturated rings. The maximum absolute atomic E-state index is 5.98. The molecule has 0 unspecified atom stereocenters. The Morgan fingerprint density at radius 3 is 2.68 bits per heavy atom. The fraction of sp³-hybridized carbons (Fsp3) is 0.0556. The Bertz CT molecular complexity index is 766. The number of hydrazone groups is 1. The highest BCUT2D eigenvalue weighted by atomic mass is 35.5. The summed E-state index contributed by atoms with van der Waals surface area (Å²) in [6.07, 6.45) is 1.66. The number of halogens is 1. The fourth-order valence-corrected chi connectivity index (χ4v) is 2.25. The fourth-order valence-electron chi connectivity index (χ4n) is 2.06. The number of hydrogen-bond acceptors (Lipinski definition) is 3. The largest absolute Gasteiger partial charge is 0.455 e. The first-order chi connectivity index (χ1) is 10.8. The molecule has 0 bridgehead atoms. The van der Waals surface area contributed by atoms with E-state index >= 15 is 0 Å². The maximum atomic E-state index is 5.98. The van der Waals surface area contributed by atoms with E-state index < -0.39 is 0 Å². The van der Waals surface area contributed by atoms with Crippen molar-refractivity contribution in [3.63, 3.8) is 0 Å². The van der Waals surface area contributed by atoms with Crippen LogP contribution >= 0.6 is 11.6 Å². The number of nitrogens with zero attached hydrogens (tertiary/aromatic N) is 1. The predicted octanol–water partition coefficient (Wildman–Crippen LogP) is 4.72. The van der Waals surface area contributed by atoms with Gasteiger partial charge in [-0.15, -0.1) is 0 Å². The highest BCUT2D eigenvalue weighted by Gasteiger charge is 2.03. The zero-order valence-electron chi connectivity index (χ0n) is 11.9. The molecule has 110 valence electrons. The molecule has 1 heterocycles. The first-order valence-corrected chi connectivity index (χ1v) is 7.35. The molecule has 0 saturated heterocycles. The Labute approximate surface area is 134 Å². The van der Waals surface area contributed by atoms with Crippen molar-refractivity contribution in [2.24, 2.45) is 5.10 Å². The van der Waals surface area contributed by atoms with Crippen LogP contribution < -0.4 is 5.43 Å². The van der Waals surface area contributed by atoms with Crippen molar-refractivity contribution in [1.29, 1.82) is 0 Å². The molecule has 0 aliphatic carbocycles. The zero-order chi connectivity index (χ0) is 15.2. The van der Waals surface area contributed by atoms with E-state index in [2.05, 4.69) is 10.5 Å². The molecule has 4 heteroatoms. The van der Waals surface area contributed by atoms with E-state index in [1.807, 2.05) is 66.7 Å². The lowest BCUT2D eigenvalue weighted by Crippen LogP contribution is -2.04. The summed E-state index contributed by atoms with van der Waals surface area (Å²) < 4.78 is 5.73. The number of benzene rings is 2. The number of hydrogen-bond donors (Lipinski definition) is 1. The van der Waals surface area contributed by atoms with E-state index in [0.29, 0.717) is 17.3 Å². The van der Waals surface area contributed by atoms with Crippen molar-refractivity contribution in [1.82, 2.24) is 5.43 Å². The summed E-state index contributed by atoms with van der Waals surface area (Å²) >= 11 is 5.98. The normalized spacial score (nSPS) is 11.0. The molecule has 3 nitrogen and oxygen atoms in total. The van der Waals surface area contributed by atoms with Crippen LogP contribution in [0.1, 0.15) is 11.3 Å². The molecule has 0 saturated carbocycles. The van der Waals surface area contributed by atoms with E-state index in [9.17, 15) is 0 Å². The van der Waals surface area contributed by atoms with Gasteiger partial charge in [0, 0.05) is 10.6 Å². The topological polar surface area (TPSA) is 37.5 Å². The lowest BCUT2D eigenvalue weighted by molar-refractivity contribution is 0.573. The van der Waals surface area contributed by atoms with Gasteiger partial charge in [0.05, 0.1) is 12.8 Å². The van der Waals surface area contributed by atoms with Gasteiger partial charge < -0.3 is 9.84 Å². The Morgan fingerprint density at radius 1 is 1.00 bits per heavy atom. The van der Waals surface area contributed by atoms with E-state index in [-0.39, 0.29) is 0 Å². The van der Waals surface area contributed by atoms with E-state index in [1.54, 1.807) is 6.21 Å². The summed E-state index contributed by atoms with van der Waals surface area (Å²) in [5.41, 5.74) is 5.12. The Balaban J connectivity index is 1.61. The van der Waals surface area contributed by atoms with Crippen LogP contribution in [0.5, 0.6) is 0 Å². The molecule has 0 radical (unpaired) electrons. The van der Waals surface area contributed by atoms with Gasteiger partial charge in [0.15, 0.2) is 0 Å². The molecular weight excluding hydrogens is 296 g/mol. The number of furan rings is 1. The van der Waals surface area contributed by atoms with Crippen molar-refractivity contribution in [3.05, 3.63) is 83.1 Å². The summed E-state index contributed by atoms with van der Waals surface area (Å²) in [6, 6.07) is 21.4. The second-order valence-corrected chi connectivity index (χ2v) is 5.23. The molecule has 3 aromatic rings. The van der Waals surface area contributed by atoms with Gasteiger partial charge in [-0.2, -0.15) is 5.10 Å².